The molecule has 1 rings (SSSR count). The van der Waals surface area contributed by atoms with Gasteiger partial charge >= 0.3 is 6.03 Å². The van der Waals surface area contributed by atoms with Crippen LogP contribution >= 0.6 is 11.6 Å². The molecule has 1 atom stereocenters. The minimum atomic E-state index is -0.243. The van der Waals surface area contributed by atoms with Crippen LogP contribution in [0.3, 0.4) is 0 Å². The van der Waals surface area contributed by atoms with Crippen LogP contribution < -0.4 is 10.6 Å². The molecule has 0 heterocycles. The first kappa shape index (κ1) is 14.8. The number of urea groups is 1. The molecule has 3 N–H and O–H groups in total. The first-order chi connectivity index (χ1) is 8.61. The van der Waals surface area contributed by atoms with Crippen molar-refractivity contribution in [1.82, 2.24) is 10.6 Å². The number of aryl methyl sites for hydroxylation is 1. The van der Waals surface area contributed by atoms with Crippen LogP contribution in [0, 0.1) is 0 Å². The van der Waals surface area contributed by atoms with Crippen LogP contribution in [0.1, 0.15) is 18.9 Å². The Bertz CT molecular complexity index is 368. The van der Waals surface area contributed by atoms with Crippen LogP contribution in [0.4, 0.5) is 4.79 Å². The Morgan fingerprint density at radius 3 is 2.67 bits per heavy atom. The SMILES string of the molecule is CC(CO)NC(=O)NCCCc1ccc(Cl)cc1. The van der Waals surface area contributed by atoms with Crippen molar-refractivity contribution >= 4 is 17.6 Å². The van der Waals surface area contributed by atoms with Gasteiger partial charge in [-0.3, -0.25) is 0 Å². The van der Waals surface area contributed by atoms with Crippen LogP contribution in [0.25, 0.3) is 0 Å². The third-order valence-corrected chi connectivity index (χ3v) is 2.74. The van der Waals surface area contributed by atoms with Crippen molar-refractivity contribution < 1.29 is 9.90 Å². The van der Waals surface area contributed by atoms with Gasteiger partial charge in [0.1, 0.15) is 0 Å². The zero-order valence-electron chi connectivity index (χ0n) is 10.4. The normalized spacial score (nSPS) is 11.9. The topological polar surface area (TPSA) is 61.4 Å². The van der Waals surface area contributed by atoms with E-state index in [1.54, 1.807) is 6.92 Å². The summed E-state index contributed by atoms with van der Waals surface area (Å²) in [6.45, 7) is 2.29. The van der Waals surface area contributed by atoms with E-state index < -0.39 is 0 Å². The quantitative estimate of drug-likeness (QED) is 0.692. The number of rotatable bonds is 6. The summed E-state index contributed by atoms with van der Waals surface area (Å²) in [6.07, 6.45) is 1.76. The van der Waals surface area contributed by atoms with Gasteiger partial charge in [0.15, 0.2) is 0 Å². The summed E-state index contributed by atoms with van der Waals surface area (Å²) in [4.78, 5) is 11.3. The summed E-state index contributed by atoms with van der Waals surface area (Å²) >= 11 is 5.79. The Labute approximate surface area is 112 Å². The predicted octanol–water partition coefficient (Wildman–Crippen LogP) is 1.95. The van der Waals surface area contributed by atoms with Gasteiger partial charge in [0.25, 0.3) is 0 Å². The van der Waals surface area contributed by atoms with Gasteiger partial charge in [-0.05, 0) is 37.5 Å². The van der Waals surface area contributed by atoms with Crippen molar-refractivity contribution in [2.75, 3.05) is 13.2 Å². The number of benzene rings is 1. The second-order valence-corrected chi connectivity index (χ2v) is 4.65. The predicted molar refractivity (Wildman–Crippen MR) is 72.9 cm³/mol. The van der Waals surface area contributed by atoms with Crippen molar-refractivity contribution in [2.24, 2.45) is 0 Å². The maximum absolute atomic E-state index is 11.3. The van der Waals surface area contributed by atoms with E-state index in [-0.39, 0.29) is 18.7 Å². The zero-order valence-corrected chi connectivity index (χ0v) is 11.2. The number of halogens is 1. The van der Waals surface area contributed by atoms with Gasteiger partial charge in [0.05, 0.1) is 12.6 Å². The lowest BCUT2D eigenvalue weighted by atomic mass is 10.1. The molecule has 0 saturated carbocycles. The number of hydrogen-bond donors (Lipinski definition) is 3. The van der Waals surface area contributed by atoms with Crippen LogP contribution in [-0.4, -0.2) is 30.3 Å². The minimum absolute atomic E-state index is 0.0573. The van der Waals surface area contributed by atoms with Gasteiger partial charge in [-0.25, -0.2) is 4.79 Å². The van der Waals surface area contributed by atoms with Crippen LogP contribution in [0.15, 0.2) is 24.3 Å². The van der Waals surface area contributed by atoms with Crippen molar-refractivity contribution in [3.05, 3.63) is 34.9 Å². The molecule has 1 unspecified atom stereocenters. The Hall–Kier alpha value is -1.26. The molecule has 0 aliphatic rings. The average Bonchev–Trinajstić information content (AvgIpc) is 2.36. The fourth-order valence-electron chi connectivity index (χ4n) is 1.47. The highest BCUT2D eigenvalue weighted by Gasteiger charge is 2.04. The lowest BCUT2D eigenvalue weighted by Gasteiger charge is -2.11. The monoisotopic (exact) mass is 270 g/mol. The summed E-state index contributed by atoms with van der Waals surface area (Å²) in [6, 6.07) is 7.22. The van der Waals surface area contributed by atoms with Gasteiger partial charge in [-0.15, -0.1) is 0 Å². The summed E-state index contributed by atoms with van der Waals surface area (Å²) in [5.74, 6) is 0. The molecule has 0 aromatic heterocycles. The molecular weight excluding hydrogens is 252 g/mol. The van der Waals surface area contributed by atoms with Crippen molar-refractivity contribution in [3.63, 3.8) is 0 Å². The number of aliphatic hydroxyl groups is 1. The minimum Gasteiger partial charge on any atom is -0.394 e. The molecule has 0 aliphatic heterocycles. The summed E-state index contributed by atoms with van der Waals surface area (Å²) in [5.41, 5.74) is 1.20. The molecule has 0 fully saturated rings. The molecule has 1 aromatic carbocycles. The third-order valence-electron chi connectivity index (χ3n) is 2.49. The number of amides is 2. The lowest BCUT2D eigenvalue weighted by Crippen LogP contribution is -2.42. The molecule has 0 radical (unpaired) electrons. The fraction of sp³-hybridized carbons (Fsp3) is 0.462. The van der Waals surface area contributed by atoms with E-state index in [1.807, 2.05) is 24.3 Å². The summed E-state index contributed by atoms with van der Waals surface area (Å²) in [7, 11) is 0. The van der Waals surface area contributed by atoms with Crippen LogP contribution in [0.5, 0.6) is 0 Å². The smallest absolute Gasteiger partial charge is 0.315 e. The molecule has 0 bridgehead atoms. The van der Waals surface area contributed by atoms with E-state index in [0.29, 0.717) is 6.54 Å². The standard InChI is InChI=1S/C13H19ClN2O2/c1-10(9-17)16-13(18)15-8-2-3-11-4-6-12(14)7-5-11/h4-7,10,17H,2-3,8-9H2,1H3,(H2,15,16,18). The molecular formula is C13H19ClN2O2. The first-order valence-electron chi connectivity index (χ1n) is 6.01. The van der Waals surface area contributed by atoms with Gasteiger partial charge in [0, 0.05) is 11.6 Å². The van der Waals surface area contributed by atoms with Gasteiger partial charge in [-0.2, -0.15) is 0 Å². The Balaban J connectivity index is 2.15. The highest BCUT2D eigenvalue weighted by atomic mass is 35.5. The van der Waals surface area contributed by atoms with Crippen LogP contribution in [-0.2, 0) is 6.42 Å². The highest BCUT2D eigenvalue weighted by molar-refractivity contribution is 6.30. The lowest BCUT2D eigenvalue weighted by molar-refractivity contribution is 0.220. The molecule has 18 heavy (non-hydrogen) atoms. The largest absolute Gasteiger partial charge is 0.394 e. The second kappa shape index (κ2) is 7.95. The van der Waals surface area contributed by atoms with Crippen molar-refractivity contribution in [1.29, 1.82) is 0 Å². The van der Waals surface area contributed by atoms with E-state index in [2.05, 4.69) is 10.6 Å². The molecule has 0 spiro atoms. The third kappa shape index (κ3) is 5.89. The molecule has 1 aromatic rings. The average molecular weight is 271 g/mol. The number of nitrogens with one attached hydrogen (secondary N) is 2. The van der Waals surface area contributed by atoms with E-state index >= 15 is 0 Å². The van der Waals surface area contributed by atoms with Crippen molar-refractivity contribution in [2.45, 2.75) is 25.8 Å². The maximum atomic E-state index is 11.3. The van der Waals surface area contributed by atoms with Gasteiger partial charge < -0.3 is 15.7 Å². The Morgan fingerprint density at radius 1 is 1.39 bits per heavy atom. The molecule has 5 heteroatoms. The van der Waals surface area contributed by atoms with Crippen molar-refractivity contribution in [3.8, 4) is 0 Å². The molecule has 2 amide bonds. The molecule has 0 saturated heterocycles. The molecule has 0 aliphatic carbocycles. The fourth-order valence-corrected chi connectivity index (χ4v) is 1.59. The van der Waals surface area contributed by atoms with E-state index in [1.165, 1.54) is 5.56 Å². The second-order valence-electron chi connectivity index (χ2n) is 4.21. The number of hydrogen-bond acceptors (Lipinski definition) is 2. The van der Waals surface area contributed by atoms with E-state index in [0.717, 1.165) is 17.9 Å². The van der Waals surface area contributed by atoms with E-state index in [4.69, 9.17) is 16.7 Å². The Morgan fingerprint density at radius 2 is 2.06 bits per heavy atom. The zero-order chi connectivity index (χ0) is 13.4. The Kier molecular flexibility index (Phi) is 6.54. The first-order valence-corrected chi connectivity index (χ1v) is 6.39. The maximum Gasteiger partial charge on any atom is 0.315 e. The highest BCUT2D eigenvalue weighted by Crippen LogP contribution is 2.10. The number of aliphatic hydroxyl groups excluding tert-OH is 1. The molecule has 100 valence electrons. The van der Waals surface area contributed by atoms with Gasteiger partial charge in [-0.1, -0.05) is 23.7 Å². The van der Waals surface area contributed by atoms with Crippen LogP contribution in [0.2, 0.25) is 5.02 Å². The number of carbonyl (C=O) groups excluding carboxylic acids is 1. The number of carbonyl (C=O) groups is 1. The molecule has 4 nitrogen and oxygen atoms in total. The van der Waals surface area contributed by atoms with E-state index in [9.17, 15) is 4.79 Å². The summed E-state index contributed by atoms with van der Waals surface area (Å²) < 4.78 is 0. The van der Waals surface area contributed by atoms with Gasteiger partial charge in [0.2, 0.25) is 0 Å². The summed E-state index contributed by atoms with van der Waals surface area (Å²) in [5, 5.41) is 14.9.